The van der Waals surface area contributed by atoms with E-state index in [9.17, 15) is 9.18 Å². The maximum atomic E-state index is 13.0. The Labute approximate surface area is 151 Å². The van der Waals surface area contributed by atoms with Crippen LogP contribution in [0.15, 0.2) is 42.6 Å². The number of hydrogen-bond donors (Lipinski definition) is 1. The highest BCUT2D eigenvalue weighted by molar-refractivity contribution is 5.77. The molecule has 1 amide bonds. The molecular formula is C20H21FN4O. The lowest BCUT2D eigenvalue weighted by atomic mass is 9.93. The molecule has 5 nitrogen and oxygen atoms in total. The first-order valence-corrected chi connectivity index (χ1v) is 9.01. The second-order valence-electron chi connectivity index (χ2n) is 6.85. The van der Waals surface area contributed by atoms with Gasteiger partial charge in [-0.2, -0.15) is 5.10 Å². The minimum absolute atomic E-state index is 0.154. The summed E-state index contributed by atoms with van der Waals surface area (Å²) in [5.74, 6) is 0.161. The Morgan fingerprint density at radius 3 is 2.92 bits per heavy atom. The van der Waals surface area contributed by atoms with E-state index in [0.29, 0.717) is 19.4 Å². The average Bonchev–Trinajstić information content (AvgIpc) is 3.15. The zero-order chi connectivity index (χ0) is 17.9. The van der Waals surface area contributed by atoms with Gasteiger partial charge in [0, 0.05) is 36.5 Å². The molecular weight excluding hydrogens is 331 g/mol. The molecule has 2 aromatic heterocycles. The summed E-state index contributed by atoms with van der Waals surface area (Å²) in [5, 5.41) is 7.92. The highest BCUT2D eigenvalue weighted by Gasteiger charge is 2.25. The van der Waals surface area contributed by atoms with Gasteiger partial charge >= 0.3 is 0 Å². The molecule has 1 N–H and O–H groups in total. The number of pyridine rings is 1. The number of nitrogens with one attached hydrogen (secondary N) is 1. The van der Waals surface area contributed by atoms with Crippen LogP contribution in [-0.2, 0) is 11.2 Å². The van der Waals surface area contributed by atoms with Gasteiger partial charge in [-0.1, -0.05) is 12.1 Å². The molecule has 26 heavy (non-hydrogen) atoms. The monoisotopic (exact) mass is 352 g/mol. The van der Waals surface area contributed by atoms with Crippen LogP contribution in [0.1, 0.15) is 36.4 Å². The van der Waals surface area contributed by atoms with Crippen molar-refractivity contribution in [1.29, 1.82) is 0 Å². The second-order valence-corrected chi connectivity index (χ2v) is 6.85. The van der Waals surface area contributed by atoms with E-state index in [1.54, 1.807) is 18.3 Å². The van der Waals surface area contributed by atoms with Gasteiger partial charge < -0.3 is 4.90 Å². The van der Waals surface area contributed by atoms with Gasteiger partial charge in [0.2, 0.25) is 5.91 Å². The molecule has 0 radical (unpaired) electrons. The molecule has 0 unspecified atom stereocenters. The minimum atomic E-state index is -0.249. The van der Waals surface area contributed by atoms with Gasteiger partial charge in [-0.3, -0.25) is 9.89 Å². The molecule has 4 rings (SSSR count). The van der Waals surface area contributed by atoms with Crippen molar-refractivity contribution in [2.24, 2.45) is 0 Å². The van der Waals surface area contributed by atoms with E-state index >= 15 is 0 Å². The van der Waals surface area contributed by atoms with Gasteiger partial charge in [0.25, 0.3) is 0 Å². The molecule has 1 saturated heterocycles. The summed E-state index contributed by atoms with van der Waals surface area (Å²) in [4.78, 5) is 19.2. The number of hydrogen-bond acceptors (Lipinski definition) is 3. The molecule has 0 saturated carbocycles. The van der Waals surface area contributed by atoms with Crippen LogP contribution in [0.25, 0.3) is 11.0 Å². The van der Waals surface area contributed by atoms with Crippen molar-refractivity contribution in [3.63, 3.8) is 0 Å². The number of aromatic amines is 1. The summed E-state index contributed by atoms with van der Waals surface area (Å²) in [6.45, 7) is 1.50. The van der Waals surface area contributed by atoms with E-state index < -0.39 is 0 Å². The third kappa shape index (κ3) is 3.59. The van der Waals surface area contributed by atoms with Gasteiger partial charge in [-0.25, -0.2) is 9.37 Å². The Kier molecular flexibility index (Phi) is 4.65. The van der Waals surface area contributed by atoms with Crippen LogP contribution in [0.4, 0.5) is 4.39 Å². The predicted molar refractivity (Wildman–Crippen MR) is 97.2 cm³/mol. The summed E-state index contributed by atoms with van der Waals surface area (Å²) in [5.41, 5.74) is 2.79. The number of carbonyl (C=O) groups excluding carboxylic acids is 1. The van der Waals surface area contributed by atoms with E-state index in [-0.39, 0.29) is 17.6 Å². The standard InChI is InChI=1S/C20H21FN4O/c21-17-7-3-14(4-8-17)5-10-19(26)25-11-1-2-16(13-25)18-9-6-15-12-22-24-20(15)23-18/h3-4,6-9,12,16H,1-2,5,10-11,13H2,(H,22,23,24)/t16-/m0/s1. The van der Waals surface area contributed by atoms with Crippen molar-refractivity contribution < 1.29 is 9.18 Å². The number of aromatic nitrogens is 3. The summed E-state index contributed by atoms with van der Waals surface area (Å²) in [6.07, 6.45) is 4.87. The van der Waals surface area contributed by atoms with Crippen LogP contribution in [0, 0.1) is 5.82 Å². The van der Waals surface area contributed by atoms with Crippen LogP contribution in [0.2, 0.25) is 0 Å². The van der Waals surface area contributed by atoms with E-state index in [0.717, 1.165) is 41.7 Å². The summed E-state index contributed by atoms with van der Waals surface area (Å²) >= 11 is 0. The number of aryl methyl sites for hydroxylation is 1. The predicted octanol–water partition coefficient (Wildman–Crippen LogP) is 3.44. The maximum absolute atomic E-state index is 13.0. The van der Waals surface area contributed by atoms with Gasteiger partial charge in [-0.15, -0.1) is 0 Å². The number of nitrogens with zero attached hydrogens (tertiary/aromatic N) is 3. The summed E-state index contributed by atoms with van der Waals surface area (Å²) < 4.78 is 13.0. The maximum Gasteiger partial charge on any atom is 0.222 e. The van der Waals surface area contributed by atoms with Crippen LogP contribution in [-0.4, -0.2) is 39.1 Å². The van der Waals surface area contributed by atoms with Crippen molar-refractivity contribution in [3.8, 4) is 0 Å². The van der Waals surface area contributed by atoms with Crippen LogP contribution < -0.4 is 0 Å². The number of benzene rings is 1. The molecule has 1 fully saturated rings. The van der Waals surface area contributed by atoms with Gasteiger partial charge in [-0.05, 0) is 49.1 Å². The lowest BCUT2D eigenvalue weighted by molar-refractivity contribution is -0.132. The first-order chi connectivity index (χ1) is 12.7. The van der Waals surface area contributed by atoms with Crippen LogP contribution in [0.3, 0.4) is 0 Å². The number of carbonyl (C=O) groups is 1. The van der Waals surface area contributed by atoms with Gasteiger partial charge in [0.15, 0.2) is 5.65 Å². The Morgan fingerprint density at radius 1 is 1.23 bits per heavy atom. The normalized spacial score (nSPS) is 17.6. The second kappa shape index (κ2) is 7.23. The smallest absolute Gasteiger partial charge is 0.222 e. The average molecular weight is 352 g/mol. The molecule has 3 aromatic rings. The molecule has 1 aromatic carbocycles. The molecule has 6 heteroatoms. The number of rotatable bonds is 4. The molecule has 1 aliphatic rings. The molecule has 0 aliphatic carbocycles. The van der Waals surface area contributed by atoms with Crippen molar-refractivity contribution >= 4 is 16.9 Å². The number of piperidine rings is 1. The van der Waals surface area contributed by atoms with Crippen LogP contribution in [0.5, 0.6) is 0 Å². The lowest BCUT2D eigenvalue weighted by Gasteiger charge is -2.32. The zero-order valence-electron chi connectivity index (χ0n) is 14.5. The van der Waals surface area contributed by atoms with E-state index in [1.165, 1.54) is 12.1 Å². The SMILES string of the molecule is O=C(CCc1ccc(F)cc1)N1CCC[C@H](c2ccc3cn[nH]c3n2)C1. The fraction of sp³-hybridized carbons (Fsp3) is 0.350. The molecule has 3 heterocycles. The van der Waals surface area contributed by atoms with Crippen molar-refractivity contribution in [2.75, 3.05) is 13.1 Å². The first kappa shape index (κ1) is 16.7. The highest BCUT2D eigenvalue weighted by Crippen LogP contribution is 2.27. The first-order valence-electron chi connectivity index (χ1n) is 9.01. The van der Waals surface area contributed by atoms with Crippen molar-refractivity contribution in [2.45, 2.75) is 31.6 Å². The summed E-state index contributed by atoms with van der Waals surface area (Å²) in [6, 6.07) is 10.4. The number of halogens is 1. The number of amides is 1. The van der Waals surface area contributed by atoms with E-state index in [1.807, 2.05) is 17.0 Å². The number of H-pyrrole nitrogens is 1. The Bertz CT molecular complexity index is 906. The highest BCUT2D eigenvalue weighted by atomic mass is 19.1. The van der Waals surface area contributed by atoms with Crippen molar-refractivity contribution in [3.05, 3.63) is 59.7 Å². The van der Waals surface area contributed by atoms with Gasteiger partial charge in [0.05, 0.1) is 6.20 Å². The third-order valence-electron chi connectivity index (χ3n) is 5.06. The Balaban J connectivity index is 1.39. The summed E-state index contributed by atoms with van der Waals surface area (Å²) in [7, 11) is 0. The number of fused-ring (bicyclic) bond motifs is 1. The Morgan fingerprint density at radius 2 is 2.08 bits per heavy atom. The quantitative estimate of drug-likeness (QED) is 0.782. The minimum Gasteiger partial charge on any atom is -0.342 e. The molecule has 1 aliphatic heterocycles. The molecule has 0 spiro atoms. The van der Waals surface area contributed by atoms with Gasteiger partial charge in [0.1, 0.15) is 5.82 Å². The largest absolute Gasteiger partial charge is 0.342 e. The third-order valence-corrected chi connectivity index (χ3v) is 5.06. The molecule has 134 valence electrons. The fourth-order valence-corrected chi connectivity index (χ4v) is 3.57. The fourth-order valence-electron chi connectivity index (χ4n) is 3.57. The molecule has 0 bridgehead atoms. The lowest BCUT2D eigenvalue weighted by Crippen LogP contribution is -2.39. The van der Waals surface area contributed by atoms with Crippen molar-refractivity contribution in [1.82, 2.24) is 20.1 Å². The Hall–Kier alpha value is -2.76. The van der Waals surface area contributed by atoms with Crippen LogP contribution >= 0.6 is 0 Å². The topological polar surface area (TPSA) is 61.9 Å². The zero-order valence-corrected chi connectivity index (χ0v) is 14.5. The van der Waals surface area contributed by atoms with E-state index in [4.69, 9.17) is 0 Å². The van der Waals surface area contributed by atoms with E-state index in [2.05, 4.69) is 15.2 Å². The molecule has 1 atom stereocenters. The number of likely N-dealkylation sites (tertiary alicyclic amines) is 1.